The first-order valence-electron chi connectivity index (χ1n) is 6.65. The van der Waals surface area contributed by atoms with Gasteiger partial charge in [0.2, 0.25) is 5.91 Å². The summed E-state index contributed by atoms with van der Waals surface area (Å²) >= 11 is 0. The van der Waals surface area contributed by atoms with E-state index in [2.05, 4.69) is 12.2 Å². The molecule has 2 aliphatic rings. The van der Waals surface area contributed by atoms with Gasteiger partial charge in [0.05, 0.1) is 12.0 Å². The Kier molecular flexibility index (Phi) is 3.85. The molecule has 16 heavy (non-hydrogen) atoms. The molecule has 2 saturated carbocycles. The van der Waals surface area contributed by atoms with Crippen molar-refractivity contribution in [3.05, 3.63) is 0 Å². The van der Waals surface area contributed by atoms with Crippen molar-refractivity contribution in [3.63, 3.8) is 0 Å². The average Bonchev–Trinajstić information content (AvgIpc) is 2.68. The van der Waals surface area contributed by atoms with Gasteiger partial charge in [0.1, 0.15) is 0 Å². The first kappa shape index (κ1) is 11.9. The molecule has 0 bridgehead atoms. The van der Waals surface area contributed by atoms with Gasteiger partial charge < -0.3 is 10.4 Å². The molecule has 0 heterocycles. The van der Waals surface area contributed by atoms with Crippen molar-refractivity contribution in [2.75, 3.05) is 0 Å². The number of carbonyl (C=O) groups is 1. The van der Waals surface area contributed by atoms with Crippen LogP contribution in [0.3, 0.4) is 0 Å². The summed E-state index contributed by atoms with van der Waals surface area (Å²) in [6, 6.07) is 0.358. The third-order valence-electron chi connectivity index (χ3n) is 4.18. The minimum absolute atomic E-state index is 0.0875. The second kappa shape index (κ2) is 5.17. The van der Waals surface area contributed by atoms with Crippen LogP contribution in [0.15, 0.2) is 0 Å². The van der Waals surface area contributed by atoms with Crippen LogP contribution in [0, 0.1) is 11.8 Å². The maximum absolute atomic E-state index is 11.9. The second-order valence-corrected chi connectivity index (χ2v) is 5.57. The number of amides is 1. The molecule has 3 nitrogen and oxygen atoms in total. The molecule has 0 aromatic rings. The van der Waals surface area contributed by atoms with Crippen LogP contribution in [0.2, 0.25) is 0 Å². The molecule has 0 aromatic heterocycles. The van der Waals surface area contributed by atoms with E-state index >= 15 is 0 Å². The van der Waals surface area contributed by atoms with Gasteiger partial charge in [0, 0.05) is 6.04 Å². The normalized spacial score (nSPS) is 39.6. The van der Waals surface area contributed by atoms with E-state index in [1.165, 1.54) is 12.8 Å². The minimum Gasteiger partial charge on any atom is -0.392 e. The van der Waals surface area contributed by atoms with Gasteiger partial charge >= 0.3 is 0 Å². The zero-order valence-corrected chi connectivity index (χ0v) is 10.1. The molecular formula is C13H23NO2. The molecule has 2 atom stereocenters. The molecule has 0 radical (unpaired) electrons. The summed E-state index contributed by atoms with van der Waals surface area (Å²) in [7, 11) is 0. The first-order chi connectivity index (χ1) is 7.66. The highest BCUT2D eigenvalue weighted by Crippen LogP contribution is 2.27. The summed E-state index contributed by atoms with van der Waals surface area (Å²) < 4.78 is 0. The molecule has 2 fully saturated rings. The molecule has 2 rings (SSSR count). The zero-order chi connectivity index (χ0) is 11.5. The van der Waals surface area contributed by atoms with Crippen molar-refractivity contribution < 1.29 is 9.90 Å². The van der Waals surface area contributed by atoms with Crippen LogP contribution in [0.5, 0.6) is 0 Å². The number of nitrogens with one attached hydrogen (secondary N) is 1. The summed E-state index contributed by atoms with van der Waals surface area (Å²) in [6.45, 7) is 2.28. The van der Waals surface area contributed by atoms with Crippen molar-refractivity contribution >= 4 is 5.91 Å². The number of rotatable bonds is 2. The Labute approximate surface area is 97.6 Å². The molecule has 92 valence electrons. The fourth-order valence-electron chi connectivity index (χ4n) is 2.96. The van der Waals surface area contributed by atoms with Crippen LogP contribution in [-0.2, 0) is 4.79 Å². The van der Waals surface area contributed by atoms with Gasteiger partial charge in [-0.15, -0.1) is 0 Å². The lowest BCUT2D eigenvalue weighted by Gasteiger charge is -2.28. The number of carbonyl (C=O) groups excluding carboxylic acids is 1. The van der Waals surface area contributed by atoms with E-state index in [1.54, 1.807) is 0 Å². The largest absolute Gasteiger partial charge is 0.392 e. The summed E-state index contributed by atoms with van der Waals surface area (Å²) in [5.41, 5.74) is 0. The fourth-order valence-corrected chi connectivity index (χ4v) is 2.96. The molecule has 2 unspecified atom stereocenters. The quantitative estimate of drug-likeness (QED) is 0.753. The Bertz CT molecular complexity index is 246. The van der Waals surface area contributed by atoms with Crippen LogP contribution >= 0.6 is 0 Å². The summed E-state index contributed by atoms with van der Waals surface area (Å²) in [6.07, 6.45) is 6.89. The van der Waals surface area contributed by atoms with Crippen LogP contribution in [0.25, 0.3) is 0 Å². The topological polar surface area (TPSA) is 49.3 Å². The molecule has 0 saturated heterocycles. The van der Waals surface area contributed by atoms with Crippen LogP contribution < -0.4 is 5.32 Å². The van der Waals surface area contributed by atoms with Gasteiger partial charge in [-0.3, -0.25) is 4.79 Å². The van der Waals surface area contributed by atoms with Crippen molar-refractivity contribution in [1.29, 1.82) is 0 Å². The molecule has 2 aliphatic carbocycles. The van der Waals surface area contributed by atoms with E-state index in [1.807, 2.05) is 0 Å². The average molecular weight is 225 g/mol. The van der Waals surface area contributed by atoms with Crippen LogP contribution in [-0.4, -0.2) is 23.2 Å². The third-order valence-corrected chi connectivity index (χ3v) is 4.18. The van der Waals surface area contributed by atoms with Crippen molar-refractivity contribution in [3.8, 4) is 0 Å². The molecular weight excluding hydrogens is 202 g/mol. The summed E-state index contributed by atoms with van der Waals surface area (Å²) in [5, 5.41) is 12.8. The van der Waals surface area contributed by atoms with E-state index in [0.717, 1.165) is 38.0 Å². The highest BCUT2D eigenvalue weighted by molar-refractivity contribution is 5.79. The molecule has 0 spiro atoms. The number of aliphatic hydroxyl groups excluding tert-OH is 1. The number of hydrogen-bond acceptors (Lipinski definition) is 2. The van der Waals surface area contributed by atoms with Crippen molar-refractivity contribution in [2.24, 2.45) is 11.8 Å². The third kappa shape index (κ3) is 2.76. The van der Waals surface area contributed by atoms with E-state index in [9.17, 15) is 9.90 Å². The van der Waals surface area contributed by atoms with E-state index in [-0.39, 0.29) is 11.8 Å². The predicted octanol–water partition coefficient (Wildman–Crippen LogP) is 1.84. The van der Waals surface area contributed by atoms with Gasteiger partial charge in [-0.25, -0.2) is 0 Å². The summed E-state index contributed by atoms with van der Waals surface area (Å²) in [4.78, 5) is 11.9. The maximum atomic E-state index is 11.9. The van der Waals surface area contributed by atoms with Crippen molar-refractivity contribution in [1.82, 2.24) is 5.32 Å². The Morgan fingerprint density at radius 2 is 1.81 bits per heavy atom. The zero-order valence-electron chi connectivity index (χ0n) is 10.1. The lowest BCUT2D eigenvalue weighted by atomic mass is 9.87. The maximum Gasteiger partial charge on any atom is 0.225 e. The molecule has 0 aromatic carbocycles. The minimum atomic E-state index is -0.400. The van der Waals surface area contributed by atoms with Gasteiger partial charge in [-0.2, -0.15) is 0 Å². The lowest BCUT2D eigenvalue weighted by Crippen LogP contribution is -2.42. The molecule has 3 heteroatoms. The molecule has 2 N–H and O–H groups in total. The Hall–Kier alpha value is -0.570. The van der Waals surface area contributed by atoms with Gasteiger partial charge in [-0.05, 0) is 50.9 Å². The summed E-state index contributed by atoms with van der Waals surface area (Å²) in [5.74, 6) is 0.758. The van der Waals surface area contributed by atoms with E-state index < -0.39 is 6.10 Å². The predicted molar refractivity (Wildman–Crippen MR) is 62.9 cm³/mol. The smallest absolute Gasteiger partial charge is 0.225 e. The highest BCUT2D eigenvalue weighted by Gasteiger charge is 2.32. The Morgan fingerprint density at radius 1 is 1.12 bits per heavy atom. The Balaban J connectivity index is 1.78. The van der Waals surface area contributed by atoms with Gasteiger partial charge in [0.15, 0.2) is 0 Å². The van der Waals surface area contributed by atoms with Gasteiger partial charge in [0.25, 0.3) is 0 Å². The Morgan fingerprint density at radius 3 is 2.38 bits per heavy atom. The number of hydrogen-bond donors (Lipinski definition) is 2. The second-order valence-electron chi connectivity index (χ2n) is 5.57. The SMILES string of the molecule is CC1CCC(NC(=O)C2CCCC2O)CC1. The first-order valence-corrected chi connectivity index (χ1v) is 6.65. The standard InChI is InChI=1S/C13H23NO2/c1-9-5-7-10(8-6-9)14-13(16)11-3-2-4-12(11)15/h9-12,15H,2-8H2,1H3,(H,14,16). The highest BCUT2D eigenvalue weighted by atomic mass is 16.3. The monoisotopic (exact) mass is 225 g/mol. The fraction of sp³-hybridized carbons (Fsp3) is 0.923. The van der Waals surface area contributed by atoms with Crippen molar-refractivity contribution in [2.45, 2.75) is 64.0 Å². The molecule has 1 amide bonds. The van der Waals surface area contributed by atoms with E-state index in [4.69, 9.17) is 0 Å². The van der Waals surface area contributed by atoms with Gasteiger partial charge in [-0.1, -0.05) is 6.92 Å². The lowest BCUT2D eigenvalue weighted by molar-refractivity contribution is -0.128. The number of aliphatic hydroxyl groups is 1. The van der Waals surface area contributed by atoms with Crippen LogP contribution in [0.4, 0.5) is 0 Å². The molecule has 0 aliphatic heterocycles. The van der Waals surface area contributed by atoms with E-state index in [0.29, 0.717) is 6.04 Å². The van der Waals surface area contributed by atoms with Crippen LogP contribution in [0.1, 0.15) is 51.9 Å².